The molecule has 1 aromatic carbocycles. The van der Waals surface area contributed by atoms with Gasteiger partial charge in [0.05, 0.1) is 12.2 Å². The molecule has 114 valence electrons. The third kappa shape index (κ3) is 3.45. The number of nitrogens with zero attached hydrogens (tertiary/aromatic N) is 2. The highest BCUT2D eigenvalue weighted by atomic mass is 16.5. The zero-order valence-corrected chi connectivity index (χ0v) is 12.7. The largest absolute Gasteiger partial charge is 0.462 e. The second kappa shape index (κ2) is 6.60. The monoisotopic (exact) mass is 296 g/mol. The summed E-state index contributed by atoms with van der Waals surface area (Å²) >= 11 is 0. The number of rotatable bonds is 6. The summed E-state index contributed by atoms with van der Waals surface area (Å²) < 4.78 is 7.20. The Labute approximate surface area is 130 Å². The number of carbonyl (C=O) groups excluding carboxylic acids is 1. The van der Waals surface area contributed by atoms with Gasteiger partial charge in [-0.05, 0) is 31.2 Å². The maximum absolute atomic E-state index is 12.3. The third-order valence-electron chi connectivity index (χ3n) is 3.67. The lowest BCUT2D eigenvalue weighted by molar-refractivity contribution is -0.136. The molecule has 22 heavy (non-hydrogen) atoms. The average Bonchev–Trinajstić information content (AvgIpc) is 3.24. The van der Waals surface area contributed by atoms with Crippen molar-refractivity contribution >= 4 is 11.5 Å². The number of allylic oxidation sites excluding steroid dienone is 1. The van der Waals surface area contributed by atoms with Crippen LogP contribution in [0.1, 0.15) is 31.2 Å². The number of benzene rings is 1. The molecule has 1 heterocycles. The van der Waals surface area contributed by atoms with Crippen LogP contribution in [-0.4, -0.2) is 22.1 Å². The Morgan fingerprint density at radius 2 is 2.14 bits per heavy atom. The zero-order chi connectivity index (χ0) is 15.4. The van der Waals surface area contributed by atoms with Crippen molar-refractivity contribution in [2.75, 3.05) is 6.61 Å². The van der Waals surface area contributed by atoms with Crippen LogP contribution in [0, 0.1) is 5.92 Å². The smallest absolute Gasteiger partial charge is 0.341 e. The minimum Gasteiger partial charge on any atom is -0.462 e. The minimum absolute atomic E-state index is 0.282. The van der Waals surface area contributed by atoms with Gasteiger partial charge in [0.2, 0.25) is 0 Å². The Balaban J connectivity index is 1.89. The van der Waals surface area contributed by atoms with E-state index in [0.29, 0.717) is 30.5 Å². The number of imidazole rings is 1. The summed E-state index contributed by atoms with van der Waals surface area (Å²) in [4.78, 5) is 16.7. The average molecular weight is 296 g/mol. The molecule has 0 radical (unpaired) electrons. The van der Waals surface area contributed by atoms with Gasteiger partial charge in [0, 0.05) is 18.9 Å². The van der Waals surface area contributed by atoms with Crippen molar-refractivity contribution in [3.05, 3.63) is 60.2 Å². The molecule has 0 unspecified atom stereocenters. The maximum atomic E-state index is 12.3. The fourth-order valence-corrected chi connectivity index (χ4v) is 2.40. The van der Waals surface area contributed by atoms with Gasteiger partial charge < -0.3 is 9.30 Å². The Morgan fingerprint density at radius 1 is 1.36 bits per heavy atom. The first-order chi connectivity index (χ1) is 10.8. The van der Waals surface area contributed by atoms with E-state index in [9.17, 15) is 4.79 Å². The maximum Gasteiger partial charge on any atom is 0.341 e. The number of hydrogen-bond acceptors (Lipinski definition) is 3. The van der Waals surface area contributed by atoms with Crippen LogP contribution in [0.3, 0.4) is 0 Å². The van der Waals surface area contributed by atoms with E-state index in [1.165, 1.54) is 5.56 Å². The van der Waals surface area contributed by atoms with Gasteiger partial charge in [0.25, 0.3) is 0 Å². The molecule has 4 heteroatoms. The van der Waals surface area contributed by atoms with Gasteiger partial charge in [0.15, 0.2) is 0 Å². The van der Waals surface area contributed by atoms with E-state index in [4.69, 9.17) is 4.74 Å². The third-order valence-corrected chi connectivity index (χ3v) is 3.67. The molecule has 0 aliphatic heterocycles. The normalized spacial score (nSPS) is 14.9. The van der Waals surface area contributed by atoms with Crippen LogP contribution < -0.4 is 0 Å². The van der Waals surface area contributed by atoms with Crippen LogP contribution in [0.4, 0.5) is 0 Å². The highest BCUT2D eigenvalue weighted by molar-refractivity contribution is 6.15. The summed E-state index contributed by atoms with van der Waals surface area (Å²) in [5, 5.41) is 0. The van der Waals surface area contributed by atoms with Crippen LogP contribution in [0.15, 0.2) is 48.8 Å². The summed E-state index contributed by atoms with van der Waals surface area (Å²) in [7, 11) is 0. The highest BCUT2D eigenvalue weighted by Crippen LogP contribution is 2.33. The number of aromatic nitrogens is 2. The molecule has 1 aliphatic rings. The van der Waals surface area contributed by atoms with Crippen molar-refractivity contribution in [2.45, 2.75) is 26.3 Å². The lowest BCUT2D eigenvalue weighted by atomic mass is 10.1. The molecular formula is C18H20N2O2. The predicted molar refractivity (Wildman–Crippen MR) is 85.1 cm³/mol. The Kier molecular flexibility index (Phi) is 4.37. The van der Waals surface area contributed by atoms with E-state index in [1.54, 1.807) is 6.20 Å². The highest BCUT2D eigenvalue weighted by Gasteiger charge is 2.25. The molecule has 0 N–H and O–H groups in total. The van der Waals surface area contributed by atoms with Crippen LogP contribution in [-0.2, 0) is 16.1 Å². The Bertz CT molecular complexity index is 669. The molecule has 1 aromatic heterocycles. The molecule has 0 saturated heterocycles. The SMILES string of the molecule is CCOC(=O)/C(=C\C1CC1)c1nccn1Cc1ccccc1. The summed E-state index contributed by atoms with van der Waals surface area (Å²) in [6, 6.07) is 10.2. The van der Waals surface area contributed by atoms with Gasteiger partial charge in [-0.1, -0.05) is 36.4 Å². The quantitative estimate of drug-likeness (QED) is 0.607. The van der Waals surface area contributed by atoms with Crippen LogP contribution in [0.2, 0.25) is 0 Å². The summed E-state index contributed by atoms with van der Waals surface area (Å²) in [5.41, 5.74) is 1.77. The first kappa shape index (κ1) is 14.6. The molecular weight excluding hydrogens is 276 g/mol. The predicted octanol–water partition coefficient (Wildman–Crippen LogP) is 3.29. The summed E-state index contributed by atoms with van der Waals surface area (Å²) in [6.07, 6.45) is 7.94. The molecule has 1 aliphatic carbocycles. The molecule has 0 atom stereocenters. The van der Waals surface area contributed by atoms with E-state index < -0.39 is 0 Å². The van der Waals surface area contributed by atoms with Crippen LogP contribution >= 0.6 is 0 Å². The second-order valence-corrected chi connectivity index (χ2v) is 5.50. The Hall–Kier alpha value is -2.36. The number of carbonyl (C=O) groups is 1. The van der Waals surface area contributed by atoms with E-state index in [2.05, 4.69) is 17.1 Å². The van der Waals surface area contributed by atoms with Gasteiger partial charge in [-0.15, -0.1) is 0 Å². The number of esters is 1. The van der Waals surface area contributed by atoms with Crippen LogP contribution in [0.25, 0.3) is 5.57 Å². The van der Waals surface area contributed by atoms with E-state index in [0.717, 1.165) is 12.8 Å². The number of hydrogen-bond donors (Lipinski definition) is 0. The van der Waals surface area contributed by atoms with E-state index in [-0.39, 0.29) is 5.97 Å². The minimum atomic E-state index is -0.282. The van der Waals surface area contributed by atoms with Gasteiger partial charge in [-0.3, -0.25) is 0 Å². The number of ether oxygens (including phenoxy) is 1. The molecule has 4 nitrogen and oxygen atoms in total. The van der Waals surface area contributed by atoms with Crippen molar-refractivity contribution in [1.29, 1.82) is 0 Å². The summed E-state index contributed by atoms with van der Waals surface area (Å²) in [5.74, 6) is 0.894. The van der Waals surface area contributed by atoms with Crippen molar-refractivity contribution < 1.29 is 9.53 Å². The lowest BCUT2D eigenvalue weighted by Crippen LogP contribution is -2.13. The van der Waals surface area contributed by atoms with Gasteiger partial charge in [0.1, 0.15) is 5.82 Å². The molecule has 1 fully saturated rings. The second-order valence-electron chi connectivity index (χ2n) is 5.50. The standard InChI is InChI=1S/C18H20N2O2/c1-2-22-18(21)16(12-14-8-9-14)17-19-10-11-20(17)13-15-6-4-3-5-7-15/h3-7,10-12,14H,2,8-9,13H2,1H3/b16-12-. The fraction of sp³-hybridized carbons (Fsp3) is 0.333. The van der Waals surface area contributed by atoms with Gasteiger partial charge in [-0.2, -0.15) is 0 Å². The van der Waals surface area contributed by atoms with E-state index in [1.807, 2.05) is 42.0 Å². The lowest BCUT2D eigenvalue weighted by Gasteiger charge is -2.11. The van der Waals surface area contributed by atoms with Crippen molar-refractivity contribution in [3.8, 4) is 0 Å². The van der Waals surface area contributed by atoms with Crippen molar-refractivity contribution in [3.63, 3.8) is 0 Å². The van der Waals surface area contributed by atoms with Crippen molar-refractivity contribution in [2.24, 2.45) is 5.92 Å². The summed E-state index contributed by atoms with van der Waals surface area (Å²) in [6.45, 7) is 2.89. The molecule has 1 saturated carbocycles. The first-order valence-corrected chi connectivity index (χ1v) is 7.72. The topological polar surface area (TPSA) is 44.1 Å². The van der Waals surface area contributed by atoms with Crippen molar-refractivity contribution in [1.82, 2.24) is 9.55 Å². The zero-order valence-electron chi connectivity index (χ0n) is 12.7. The van der Waals surface area contributed by atoms with Crippen LogP contribution in [0.5, 0.6) is 0 Å². The fourth-order valence-electron chi connectivity index (χ4n) is 2.40. The van der Waals surface area contributed by atoms with E-state index >= 15 is 0 Å². The van der Waals surface area contributed by atoms with Gasteiger partial charge in [-0.25, -0.2) is 9.78 Å². The molecule has 2 aromatic rings. The molecule has 0 amide bonds. The molecule has 0 bridgehead atoms. The Morgan fingerprint density at radius 3 is 2.82 bits per heavy atom. The first-order valence-electron chi connectivity index (χ1n) is 7.72. The van der Waals surface area contributed by atoms with Gasteiger partial charge >= 0.3 is 5.97 Å². The molecule has 3 rings (SSSR count). The molecule has 0 spiro atoms.